The Balaban J connectivity index is 2.29. The Morgan fingerprint density at radius 1 is 1.40 bits per heavy atom. The summed E-state index contributed by atoms with van der Waals surface area (Å²) in [6.07, 6.45) is 0.864. The first-order chi connectivity index (χ1) is 7.24. The van der Waals surface area contributed by atoms with Crippen LogP contribution in [0, 0.1) is 5.92 Å². The van der Waals surface area contributed by atoms with Crippen molar-refractivity contribution in [2.45, 2.75) is 19.9 Å². The molecule has 0 fully saturated rings. The second-order valence-electron chi connectivity index (χ2n) is 3.84. The van der Waals surface area contributed by atoms with E-state index in [1.165, 1.54) is 5.56 Å². The molecule has 84 valence electrons. The van der Waals surface area contributed by atoms with Gasteiger partial charge in [0.2, 0.25) is 0 Å². The van der Waals surface area contributed by atoms with E-state index in [0.29, 0.717) is 5.92 Å². The van der Waals surface area contributed by atoms with Crippen LogP contribution >= 0.6 is 15.9 Å². The summed E-state index contributed by atoms with van der Waals surface area (Å²) in [5, 5.41) is 12.1. The lowest BCUT2D eigenvalue weighted by Crippen LogP contribution is -2.21. The number of rotatable bonds is 6. The maximum absolute atomic E-state index is 8.76. The lowest BCUT2D eigenvalue weighted by molar-refractivity contribution is 0.260. The average Bonchev–Trinajstić information content (AvgIpc) is 2.21. The van der Waals surface area contributed by atoms with Gasteiger partial charge in [-0.15, -0.1) is 0 Å². The van der Waals surface area contributed by atoms with Crippen LogP contribution in [0.3, 0.4) is 0 Å². The molecule has 0 spiro atoms. The van der Waals surface area contributed by atoms with Gasteiger partial charge in [-0.1, -0.05) is 41.1 Å². The molecule has 2 N–H and O–H groups in total. The molecular weight excluding hydrogens is 254 g/mol. The van der Waals surface area contributed by atoms with E-state index in [-0.39, 0.29) is 6.61 Å². The smallest absolute Gasteiger partial charge is 0.0434 e. The normalized spacial score (nSPS) is 12.7. The zero-order valence-corrected chi connectivity index (χ0v) is 10.6. The van der Waals surface area contributed by atoms with Gasteiger partial charge in [0, 0.05) is 17.6 Å². The first-order valence-corrected chi connectivity index (χ1v) is 6.08. The van der Waals surface area contributed by atoms with E-state index in [1.807, 2.05) is 18.2 Å². The Labute approximate surface area is 99.8 Å². The number of aliphatic hydroxyl groups excluding tert-OH is 1. The topological polar surface area (TPSA) is 32.3 Å². The van der Waals surface area contributed by atoms with Gasteiger partial charge in [0.25, 0.3) is 0 Å². The highest BCUT2D eigenvalue weighted by molar-refractivity contribution is 9.10. The first kappa shape index (κ1) is 12.7. The lowest BCUT2D eigenvalue weighted by Gasteiger charge is -2.11. The van der Waals surface area contributed by atoms with Crippen molar-refractivity contribution in [1.29, 1.82) is 0 Å². The maximum Gasteiger partial charge on any atom is 0.0434 e. The summed E-state index contributed by atoms with van der Waals surface area (Å²) in [5.74, 6) is 0.525. The van der Waals surface area contributed by atoms with E-state index in [4.69, 9.17) is 5.11 Å². The molecular formula is C12H18BrNO. The molecule has 3 heteroatoms. The molecule has 1 atom stereocenters. The van der Waals surface area contributed by atoms with Crippen molar-refractivity contribution < 1.29 is 5.11 Å². The van der Waals surface area contributed by atoms with Crippen molar-refractivity contribution in [3.05, 3.63) is 34.3 Å². The van der Waals surface area contributed by atoms with Crippen molar-refractivity contribution in [1.82, 2.24) is 5.32 Å². The first-order valence-electron chi connectivity index (χ1n) is 5.29. The summed E-state index contributed by atoms with van der Waals surface area (Å²) in [6.45, 7) is 4.24. The van der Waals surface area contributed by atoms with Crippen LogP contribution in [0.2, 0.25) is 0 Å². The number of aliphatic hydroxyl groups is 1. The Morgan fingerprint density at radius 2 is 2.13 bits per heavy atom. The summed E-state index contributed by atoms with van der Waals surface area (Å²) in [4.78, 5) is 0. The molecule has 1 unspecified atom stereocenters. The van der Waals surface area contributed by atoms with E-state index in [9.17, 15) is 0 Å². The Hall–Kier alpha value is -0.380. The Morgan fingerprint density at radius 3 is 2.80 bits per heavy atom. The van der Waals surface area contributed by atoms with Gasteiger partial charge in [-0.05, 0) is 30.5 Å². The second-order valence-corrected chi connectivity index (χ2v) is 4.69. The van der Waals surface area contributed by atoms with Crippen LogP contribution in [-0.2, 0) is 6.54 Å². The molecule has 0 aliphatic carbocycles. The van der Waals surface area contributed by atoms with Crippen molar-refractivity contribution in [3.8, 4) is 0 Å². The number of hydrogen-bond acceptors (Lipinski definition) is 2. The van der Waals surface area contributed by atoms with E-state index < -0.39 is 0 Å². The number of nitrogens with one attached hydrogen (secondary N) is 1. The molecule has 0 radical (unpaired) electrons. The van der Waals surface area contributed by atoms with Crippen LogP contribution in [0.4, 0.5) is 0 Å². The van der Waals surface area contributed by atoms with Crippen LogP contribution in [0.5, 0.6) is 0 Å². The fraction of sp³-hybridized carbons (Fsp3) is 0.500. The molecule has 1 rings (SSSR count). The van der Waals surface area contributed by atoms with Crippen molar-refractivity contribution >= 4 is 15.9 Å². The summed E-state index contributed by atoms with van der Waals surface area (Å²) >= 11 is 3.51. The minimum atomic E-state index is 0.276. The van der Waals surface area contributed by atoms with Crippen LogP contribution < -0.4 is 5.32 Å². The minimum Gasteiger partial charge on any atom is -0.396 e. The van der Waals surface area contributed by atoms with Crippen LogP contribution in [0.1, 0.15) is 18.9 Å². The fourth-order valence-electron chi connectivity index (χ4n) is 1.42. The lowest BCUT2D eigenvalue weighted by atomic mass is 10.1. The third kappa shape index (κ3) is 4.78. The molecule has 0 saturated carbocycles. The molecule has 0 amide bonds. The van der Waals surface area contributed by atoms with E-state index >= 15 is 0 Å². The van der Waals surface area contributed by atoms with Crippen LogP contribution in [0.25, 0.3) is 0 Å². The van der Waals surface area contributed by atoms with Gasteiger partial charge >= 0.3 is 0 Å². The zero-order valence-electron chi connectivity index (χ0n) is 9.04. The maximum atomic E-state index is 8.76. The van der Waals surface area contributed by atoms with Gasteiger partial charge in [-0.3, -0.25) is 0 Å². The van der Waals surface area contributed by atoms with Crippen molar-refractivity contribution in [3.63, 3.8) is 0 Å². The quantitative estimate of drug-likeness (QED) is 0.834. The zero-order chi connectivity index (χ0) is 11.1. The molecule has 0 aliphatic rings. The number of hydrogen-bond donors (Lipinski definition) is 2. The number of benzene rings is 1. The SMILES string of the molecule is CC(CCO)CNCc1ccccc1Br. The largest absolute Gasteiger partial charge is 0.396 e. The minimum absolute atomic E-state index is 0.276. The van der Waals surface area contributed by atoms with Gasteiger partial charge in [-0.25, -0.2) is 0 Å². The van der Waals surface area contributed by atoms with Gasteiger partial charge in [0.15, 0.2) is 0 Å². The molecule has 0 heterocycles. The highest BCUT2D eigenvalue weighted by Gasteiger charge is 2.01. The van der Waals surface area contributed by atoms with Crippen molar-refractivity contribution in [2.24, 2.45) is 5.92 Å². The summed E-state index contributed by atoms with van der Waals surface area (Å²) in [6, 6.07) is 8.21. The number of halogens is 1. The summed E-state index contributed by atoms with van der Waals surface area (Å²) < 4.78 is 1.15. The third-order valence-corrected chi connectivity index (χ3v) is 3.16. The summed E-state index contributed by atoms with van der Waals surface area (Å²) in [7, 11) is 0. The predicted octanol–water partition coefficient (Wildman–Crippen LogP) is 2.56. The molecule has 2 nitrogen and oxygen atoms in total. The highest BCUT2D eigenvalue weighted by atomic mass is 79.9. The summed E-state index contributed by atoms with van der Waals surface area (Å²) in [5.41, 5.74) is 1.27. The van der Waals surface area contributed by atoms with Crippen molar-refractivity contribution in [2.75, 3.05) is 13.2 Å². The standard InChI is InChI=1S/C12H18BrNO/c1-10(6-7-15)8-14-9-11-4-2-3-5-12(11)13/h2-5,10,14-15H,6-9H2,1H3. The predicted molar refractivity (Wildman–Crippen MR) is 66.7 cm³/mol. The molecule has 0 bridgehead atoms. The van der Waals surface area contributed by atoms with E-state index in [2.05, 4.69) is 34.2 Å². The molecule has 1 aromatic carbocycles. The highest BCUT2D eigenvalue weighted by Crippen LogP contribution is 2.15. The Kier molecular flexibility index (Phi) is 5.91. The second kappa shape index (κ2) is 6.99. The third-order valence-electron chi connectivity index (χ3n) is 2.39. The van der Waals surface area contributed by atoms with Gasteiger partial charge in [0.05, 0.1) is 0 Å². The monoisotopic (exact) mass is 271 g/mol. The van der Waals surface area contributed by atoms with Gasteiger partial charge in [-0.2, -0.15) is 0 Å². The van der Waals surface area contributed by atoms with Gasteiger partial charge in [0.1, 0.15) is 0 Å². The average molecular weight is 272 g/mol. The van der Waals surface area contributed by atoms with E-state index in [1.54, 1.807) is 0 Å². The van der Waals surface area contributed by atoms with Gasteiger partial charge < -0.3 is 10.4 Å². The fourth-order valence-corrected chi connectivity index (χ4v) is 1.84. The molecule has 0 saturated heterocycles. The molecule has 1 aromatic rings. The van der Waals surface area contributed by atoms with E-state index in [0.717, 1.165) is 24.0 Å². The van der Waals surface area contributed by atoms with Crippen LogP contribution in [-0.4, -0.2) is 18.3 Å². The molecule has 0 aliphatic heterocycles. The Bertz CT molecular complexity index is 291. The molecule has 0 aromatic heterocycles. The van der Waals surface area contributed by atoms with Crippen LogP contribution in [0.15, 0.2) is 28.7 Å². The molecule has 15 heavy (non-hydrogen) atoms.